The van der Waals surface area contributed by atoms with Crippen LogP contribution in [-0.4, -0.2) is 51.1 Å². The number of ether oxygens (including phenoxy) is 1. The normalized spacial score (nSPS) is 11.4. The van der Waals surface area contributed by atoms with Gasteiger partial charge in [0.1, 0.15) is 5.75 Å². The molecule has 0 unspecified atom stereocenters. The number of methoxy groups -OCH3 is 1. The van der Waals surface area contributed by atoms with Gasteiger partial charge in [-0.15, -0.1) is 24.0 Å². The first-order valence-electron chi connectivity index (χ1n) is 9.71. The van der Waals surface area contributed by atoms with E-state index in [-0.39, 0.29) is 43.0 Å². The van der Waals surface area contributed by atoms with Crippen molar-refractivity contribution in [2.24, 2.45) is 4.99 Å². The molecular weight excluding hydrogens is 536 g/mol. The molecule has 2 aromatic rings. The molecule has 0 saturated carbocycles. The maximum absolute atomic E-state index is 12.9. The Morgan fingerprint density at radius 2 is 1.81 bits per heavy atom. The number of benzene rings is 2. The third-order valence-corrected chi connectivity index (χ3v) is 4.46. The van der Waals surface area contributed by atoms with E-state index in [0.29, 0.717) is 24.5 Å². The topological polar surface area (TPSA) is 66.0 Å². The zero-order chi connectivity index (χ0) is 22.9. The van der Waals surface area contributed by atoms with Crippen LogP contribution in [0.3, 0.4) is 0 Å². The number of para-hydroxylation sites is 1. The summed E-state index contributed by atoms with van der Waals surface area (Å²) in [7, 11) is 4.87. The van der Waals surface area contributed by atoms with Gasteiger partial charge in [0.2, 0.25) is 5.91 Å². The lowest BCUT2D eigenvalue weighted by atomic mass is 10.1. The predicted octanol–water partition coefficient (Wildman–Crippen LogP) is 3.70. The Morgan fingerprint density at radius 1 is 1.09 bits per heavy atom. The molecular formula is C22H28F3IN4O2. The van der Waals surface area contributed by atoms with Gasteiger partial charge in [-0.05, 0) is 35.7 Å². The highest BCUT2D eigenvalue weighted by molar-refractivity contribution is 14.0. The average molecular weight is 564 g/mol. The number of amides is 1. The fourth-order valence-electron chi connectivity index (χ4n) is 2.73. The van der Waals surface area contributed by atoms with Crippen LogP contribution in [0.5, 0.6) is 5.75 Å². The van der Waals surface area contributed by atoms with Crippen LogP contribution in [0.1, 0.15) is 16.7 Å². The number of hydrogen-bond acceptors (Lipinski definition) is 3. The molecule has 2 rings (SSSR count). The van der Waals surface area contributed by atoms with Gasteiger partial charge in [-0.25, -0.2) is 4.99 Å². The summed E-state index contributed by atoms with van der Waals surface area (Å²) in [4.78, 5) is 17.7. The Morgan fingerprint density at radius 3 is 2.47 bits per heavy atom. The van der Waals surface area contributed by atoms with E-state index in [1.165, 1.54) is 11.0 Å². The number of nitrogens with zero attached hydrogens (tertiary/aromatic N) is 2. The molecule has 0 aromatic heterocycles. The van der Waals surface area contributed by atoms with Crippen LogP contribution in [0.4, 0.5) is 13.2 Å². The van der Waals surface area contributed by atoms with Crippen molar-refractivity contribution in [2.45, 2.75) is 19.1 Å². The van der Waals surface area contributed by atoms with Crippen molar-refractivity contribution in [3.05, 3.63) is 65.2 Å². The molecule has 10 heteroatoms. The number of aliphatic imine (C=N–C) groups is 1. The molecule has 0 saturated heterocycles. The first-order chi connectivity index (χ1) is 14.7. The van der Waals surface area contributed by atoms with Crippen LogP contribution in [0, 0.1) is 0 Å². The summed E-state index contributed by atoms with van der Waals surface area (Å²) < 4.78 is 44.1. The van der Waals surface area contributed by atoms with E-state index in [0.717, 1.165) is 23.4 Å². The Balaban J connectivity index is 0.00000512. The first-order valence-corrected chi connectivity index (χ1v) is 9.71. The largest absolute Gasteiger partial charge is 0.496 e. The average Bonchev–Trinajstić information content (AvgIpc) is 2.74. The van der Waals surface area contributed by atoms with Crippen LogP contribution < -0.4 is 15.4 Å². The summed E-state index contributed by atoms with van der Waals surface area (Å²) >= 11 is 0. The van der Waals surface area contributed by atoms with Gasteiger partial charge < -0.3 is 20.3 Å². The fraction of sp³-hybridized carbons (Fsp3) is 0.364. The van der Waals surface area contributed by atoms with Gasteiger partial charge in [-0.1, -0.05) is 30.3 Å². The molecule has 0 radical (unpaired) electrons. The lowest BCUT2D eigenvalue weighted by molar-refractivity contribution is -0.137. The Hall–Kier alpha value is -2.50. The molecule has 0 bridgehead atoms. The van der Waals surface area contributed by atoms with E-state index in [4.69, 9.17) is 4.74 Å². The van der Waals surface area contributed by atoms with Crippen molar-refractivity contribution in [3.63, 3.8) is 0 Å². The second-order valence-corrected chi connectivity index (χ2v) is 6.99. The lowest BCUT2D eigenvalue weighted by Gasteiger charge is -2.16. The highest BCUT2D eigenvalue weighted by Crippen LogP contribution is 2.29. The molecule has 6 nitrogen and oxygen atoms in total. The fourth-order valence-corrected chi connectivity index (χ4v) is 2.73. The Bertz CT molecular complexity index is 905. The van der Waals surface area contributed by atoms with E-state index in [1.807, 2.05) is 24.3 Å². The third kappa shape index (κ3) is 8.93. The van der Waals surface area contributed by atoms with Gasteiger partial charge in [0.15, 0.2) is 5.96 Å². The molecule has 0 fully saturated rings. The molecule has 0 heterocycles. The van der Waals surface area contributed by atoms with Gasteiger partial charge >= 0.3 is 6.18 Å². The molecule has 2 aromatic carbocycles. The van der Waals surface area contributed by atoms with Crippen molar-refractivity contribution in [2.75, 3.05) is 34.3 Å². The Kier molecular flexibility index (Phi) is 11.3. The van der Waals surface area contributed by atoms with Crippen molar-refractivity contribution < 1.29 is 22.7 Å². The zero-order valence-corrected chi connectivity index (χ0v) is 20.5. The molecule has 0 atom stereocenters. The minimum absolute atomic E-state index is 0. The summed E-state index contributed by atoms with van der Waals surface area (Å²) in [5, 5.41) is 6.04. The first kappa shape index (κ1) is 27.5. The van der Waals surface area contributed by atoms with Crippen LogP contribution in [-0.2, 0) is 23.9 Å². The smallest absolute Gasteiger partial charge is 0.416 e. The lowest BCUT2D eigenvalue weighted by Crippen LogP contribution is -2.43. The molecule has 32 heavy (non-hydrogen) atoms. The number of alkyl halides is 3. The maximum Gasteiger partial charge on any atom is 0.416 e. The molecule has 0 aliphatic heterocycles. The molecule has 0 spiro atoms. The standard InChI is InChI=1S/C22H27F3N4O2.HI/c1-29(2)20(30)15-28-21(26-12-11-17-8-4-5-10-19(17)31-3)27-14-16-7-6-9-18(13-16)22(23,24)25;/h4-10,13H,11-12,14-15H2,1-3H3,(H2,26,27,28);1H. The van der Waals surface area contributed by atoms with Gasteiger partial charge in [-0.2, -0.15) is 13.2 Å². The summed E-state index contributed by atoms with van der Waals surface area (Å²) in [6.07, 6.45) is -3.78. The number of carbonyl (C=O) groups excluding carboxylic acids is 1. The predicted molar refractivity (Wildman–Crippen MR) is 129 cm³/mol. The highest BCUT2D eigenvalue weighted by atomic mass is 127. The van der Waals surface area contributed by atoms with E-state index in [1.54, 1.807) is 27.3 Å². The molecule has 1 amide bonds. The maximum atomic E-state index is 12.9. The third-order valence-electron chi connectivity index (χ3n) is 4.46. The number of hydrogen-bond donors (Lipinski definition) is 2. The van der Waals surface area contributed by atoms with E-state index in [2.05, 4.69) is 15.6 Å². The number of guanidine groups is 1. The SMILES string of the molecule is COc1ccccc1CCNC(=NCc1cccc(C(F)(F)F)c1)NCC(=O)N(C)C.I. The minimum atomic E-state index is -4.41. The summed E-state index contributed by atoms with van der Waals surface area (Å²) in [6, 6.07) is 12.6. The van der Waals surface area contributed by atoms with Crippen LogP contribution >= 0.6 is 24.0 Å². The van der Waals surface area contributed by atoms with E-state index >= 15 is 0 Å². The highest BCUT2D eigenvalue weighted by Gasteiger charge is 2.30. The molecule has 176 valence electrons. The Labute approximate surface area is 203 Å². The number of halogens is 4. The summed E-state index contributed by atoms with van der Waals surface area (Å²) in [5.74, 6) is 0.948. The molecule has 0 aliphatic rings. The van der Waals surface area contributed by atoms with Crippen molar-refractivity contribution in [1.82, 2.24) is 15.5 Å². The van der Waals surface area contributed by atoms with Crippen LogP contribution in [0.15, 0.2) is 53.5 Å². The molecule has 0 aliphatic carbocycles. The van der Waals surface area contributed by atoms with Crippen LogP contribution in [0.2, 0.25) is 0 Å². The van der Waals surface area contributed by atoms with Crippen molar-refractivity contribution in [3.8, 4) is 5.75 Å². The van der Waals surface area contributed by atoms with Gasteiger partial charge in [-0.3, -0.25) is 4.79 Å². The summed E-state index contributed by atoms with van der Waals surface area (Å²) in [6.45, 7) is 0.533. The number of carbonyl (C=O) groups is 1. The number of rotatable bonds is 8. The van der Waals surface area contributed by atoms with Crippen molar-refractivity contribution >= 4 is 35.8 Å². The quantitative estimate of drug-likeness (QED) is 0.292. The second-order valence-electron chi connectivity index (χ2n) is 6.99. The van der Waals surface area contributed by atoms with Crippen molar-refractivity contribution in [1.29, 1.82) is 0 Å². The summed E-state index contributed by atoms with van der Waals surface area (Å²) in [5.41, 5.74) is 0.695. The zero-order valence-electron chi connectivity index (χ0n) is 18.2. The number of likely N-dealkylation sites (N-methyl/N-ethyl adjacent to an activating group) is 1. The van der Waals surface area contributed by atoms with E-state index in [9.17, 15) is 18.0 Å². The monoisotopic (exact) mass is 564 g/mol. The minimum Gasteiger partial charge on any atom is -0.496 e. The van der Waals surface area contributed by atoms with E-state index < -0.39 is 11.7 Å². The van der Waals surface area contributed by atoms with Gasteiger partial charge in [0.25, 0.3) is 0 Å². The van der Waals surface area contributed by atoms with Gasteiger partial charge in [0.05, 0.1) is 25.8 Å². The second kappa shape index (κ2) is 13.1. The number of nitrogens with one attached hydrogen (secondary N) is 2. The molecule has 2 N–H and O–H groups in total. The van der Waals surface area contributed by atoms with Gasteiger partial charge in [0, 0.05) is 20.6 Å². The van der Waals surface area contributed by atoms with Crippen LogP contribution in [0.25, 0.3) is 0 Å².